The summed E-state index contributed by atoms with van der Waals surface area (Å²) in [6, 6.07) is 10.5. The third-order valence-corrected chi connectivity index (χ3v) is 6.39. The van der Waals surface area contributed by atoms with Crippen molar-refractivity contribution in [2.24, 2.45) is 11.8 Å². The molecule has 7 nitrogen and oxygen atoms in total. The van der Waals surface area contributed by atoms with Gasteiger partial charge in [-0.25, -0.2) is 0 Å². The fraction of sp³-hybridized carbons (Fsp3) is 0.273. The fourth-order valence-corrected chi connectivity index (χ4v) is 4.98. The van der Waals surface area contributed by atoms with Gasteiger partial charge in [-0.1, -0.05) is 23.2 Å². The lowest BCUT2D eigenvalue weighted by molar-refractivity contribution is -0.125. The zero-order valence-electron chi connectivity index (χ0n) is 16.5. The zero-order chi connectivity index (χ0) is 21.5. The van der Waals surface area contributed by atoms with Gasteiger partial charge in [0.05, 0.1) is 0 Å². The second-order valence-electron chi connectivity index (χ2n) is 8.04. The van der Waals surface area contributed by atoms with Crippen molar-refractivity contribution in [2.45, 2.75) is 0 Å². The van der Waals surface area contributed by atoms with Crippen molar-refractivity contribution in [3.8, 4) is 0 Å². The molecular formula is C22H19Cl2N5O2. The Labute approximate surface area is 188 Å². The van der Waals surface area contributed by atoms with Gasteiger partial charge in [0.25, 0.3) is 5.91 Å². The van der Waals surface area contributed by atoms with Crippen LogP contribution in [0.25, 0.3) is 17.1 Å². The molecule has 0 saturated carbocycles. The Kier molecular flexibility index (Phi) is 5.16. The van der Waals surface area contributed by atoms with E-state index in [1.807, 2.05) is 9.80 Å². The number of aromatic nitrogens is 3. The highest BCUT2D eigenvalue weighted by molar-refractivity contribution is 6.34. The van der Waals surface area contributed by atoms with Crippen LogP contribution in [0.2, 0.25) is 10.0 Å². The molecule has 2 fully saturated rings. The zero-order valence-corrected chi connectivity index (χ0v) is 18.0. The first kappa shape index (κ1) is 20.0. The van der Waals surface area contributed by atoms with Gasteiger partial charge in [-0.2, -0.15) is 15.4 Å². The summed E-state index contributed by atoms with van der Waals surface area (Å²) in [4.78, 5) is 29.3. The fourth-order valence-electron chi connectivity index (χ4n) is 4.44. The molecule has 2 amide bonds. The summed E-state index contributed by atoms with van der Waals surface area (Å²) in [5, 5.41) is 11.7. The molecule has 9 heteroatoms. The van der Waals surface area contributed by atoms with Crippen LogP contribution in [0.1, 0.15) is 15.9 Å². The van der Waals surface area contributed by atoms with Gasteiger partial charge < -0.3 is 9.80 Å². The molecule has 2 aliphatic heterocycles. The van der Waals surface area contributed by atoms with Crippen LogP contribution in [-0.2, 0) is 4.79 Å². The molecule has 0 aliphatic carbocycles. The van der Waals surface area contributed by atoms with E-state index < -0.39 is 0 Å². The number of halogens is 2. The van der Waals surface area contributed by atoms with Crippen molar-refractivity contribution in [3.63, 3.8) is 0 Å². The van der Waals surface area contributed by atoms with Crippen molar-refractivity contribution in [1.82, 2.24) is 25.2 Å². The Balaban J connectivity index is 1.20. The minimum Gasteiger partial charge on any atom is -0.338 e. The number of carbonyl (C=O) groups is 2. The maximum atomic E-state index is 12.9. The monoisotopic (exact) mass is 455 g/mol. The predicted molar refractivity (Wildman–Crippen MR) is 119 cm³/mol. The number of benzene rings is 2. The van der Waals surface area contributed by atoms with Gasteiger partial charge in [-0.15, -0.1) is 0 Å². The molecule has 3 aromatic rings. The maximum absolute atomic E-state index is 12.9. The van der Waals surface area contributed by atoms with Crippen molar-refractivity contribution in [3.05, 3.63) is 63.6 Å². The molecule has 0 spiro atoms. The number of rotatable bonds is 3. The molecule has 0 bridgehead atoms. The smallest absolute Gasteiger partial charge is 0.253 e. The number of aromatic amines is 1. The van der Waals surface area contributed by atoms with Crippen LogP contribution in [0.4, 0.5) is 0 Å². The second kappa shape index (κ2) is 7.98. The van der Waals surface area contributed by atoms with E-state index in [2.05, 4.69) is 15.4 Å². The van der Waals surface area contributed by atoms with Crippen molar-refractivity contribution < 1.29 is 9.59 Å². The molecule has 31 heavy (non-hydrogen) atoms. The Bertz CT molecular complexity index is 1170. The first-order valence-electron chi connectivity index (χ1n) is 9.99. The first-order chi connectivity index (χ1) is 15.0. The second-order valence-corrected chi connectivity index (χ2v) is 8.91. The van der Waals surface area contributed by atoms with E-state index in [0.717, 1.165) is 11.1 Å². The summed E-state index contributed by atoms with van der Waals surface area (Å²) in [5.74, 6) is 0.533. The third kappa shape index (κ3) is 4.03. The normalized spacial score (nSPS) is 20.7. The quantitative estimate of drug-likeness (QED) is 0.612. The molecule has 0 radical (unpaired) electrons. The van der Waals surface area contributed by atoms with Crippen LogP contribution in [0, 0.1) is 11.8 Å². The summed E-state index contributed by atoms with van der Waals surface area (Å²) in [7, 11) is 0. The van der Waals surface area contributed by atoms with Crippen LogP contribution < -0.4 is 0 Å². The van der Waals surface area contributed by atoms with Crippen molar-refractivity contribution in [1.29, 1.82) is 0 Å². The Hall–Kier alpha value is -2.90. The highest BCUT2D eigenvalue weighted by Crippen LogP contribution is 2.32. The number of likely N-dealkylation sites (tertiary alicyclic amines) is 2. The number of carbonyl (C=O) groups excluding carboxylic acids is 2. The highest BCUT2D eigenvalue weighted by atomic mass is 35.5. The molecular weight excluding hydrogens is 437 g/mol. The SMILES string of the molecule is O=C(/C=C/c1cc(Cl)cc(Cl)c1)N1CC2CN(C(=O)c3ccc4n[nH]nc4c3)CC2C1. The van der Waals surface area contributed by atoms with Gasteiger partial charge >= 0.3 is 0 Å². The number of H-pyrrole nitrogens is 1. The predicted octanol–water partition coefficient (Wildman–Crippen LogP) is 3.51. The van der Waals surface area contributed by atoms with E-state index in [1.54, 1.807) is 48.6 Å². The number of nitrogens with one attached hydrogen (secondary N) is 1. The third-order valence-electron chi connectivity index (χ3n) is 5.95. The summed E-state index contributed by atoms with van der Waals surface area (Å²) in [6.07, 6.45) is 3.28. The van der Waals surface area contributed by atoms with Crippen LogP contribution >= 0.6 is 23.2 Å². The van der Waals surface area contributed by atoms with E-state index in [9.17, 15) is 9.59 Å². The first-order valence-corrected chi connectivity index (χ1v) is 10.7. The lowest BCUT2D eigenvalue weighted by Crippen LogP contribution is -2.35. The number of hydrogen-bond donors (Lipinski definition) is 1. The van der Waals surface area contributed by atoms with Gasteiger partial charge in [0, 0.05) is 59.7 Å². The molecule has 2 aromatic carbocycles. The number of hydrogen-bond acceptors (Lipinski definition) is 4. The van der Waals surface area contributed by atoms with Gasteiger partial charge in [-0.05, 0) is 48.0 Å². The standard InChI is InChI=1S/C22H19Cl2N5O2/c23-17-5-13(6-18(24)8-17)1-4-21(30)28-9-15-11-29(12-16(15)10-28)22(31)14-2-3-19-20(7-14)26-27-25-19/h1-8,15-16H,9-12H2,(H,25,26,27)/b4-1+. The van der Waals surface area contributed by atoms with Crippen molar-refractivity contribution in [2.75, 3.05) is 26.2 Å². The van der Waals surface area contributed by atoms with E-state index in [-0.39, 0.29) is 23.7 Å². The summed E-state index contributed by atoms with van der Waals surface area (Å²) >= 11 is 12.0. The van der Waals surface area contributed by atoms with E-state index in [4.69, 9.17) is 23.2 Å². The molecule has 158 valence electrons. The topological polar surface area (TPSA) is 82.2 Å². The maximum Gasteiger partial charge on any atom is 0.253 e. The minimum absolute atomic E-state index is 0.00472. The molecule has 3 heterocycles. The molecule has 2 saturated heterocycles. The molecule has 2 unspecified atom stereocenters. The lowest BCUT2D eigenvalue weighted by Gasteiger charge is -2.21. The van der Waals surface area contributed by atoms with E-state index in [1.165, 1.54) is 0 Å². The number of nitrogens with zero attached hydrogens (tertiary/aromatic N) is 4. The van der Waals surface area contributed by atoms with Crippen LogP contribution in [0.5, 0.6) is 0 Å². The molecule has 1 N–H and O–H groups in total. The van der Waals surface area contributed by atoms with Gasteiger partial charge in [0.15, 0.2) is 0 Å². The molecule has 5 rings (SSSR count). The van der Waals surface area contributed by atoms with E-state index in [0.29, 0.717) is 47.3 Å². The molecule has 2 aliphatic rings. The van der Waals surface area contributed by atoms with Gasteiger partial charge in [-0.3, -0.25) is 9.59 Å². The van der Waals surface area contributed by atoms with Crippen LogP contribution in [0.3, 0.4) is 0 Å². The Morgan fingerprint density at radius 3 is 2.26 bits per heavy atom. The number of fused-ring (bicyclic) bond motifs is 2. The average molecular weight is 456 g/mol. The van der Waals surface area contributed by atoms with E-state index >= 15 is 0 Å². The minimum atomic E-state index is -0.0418. The highest BCUT2D eigenvalue weighted by Gasteiger charge is 2.42. The lowest BCUT2D eigenvalue weighted by atomic mass is 10.0. The Morgan fingerprint density at radius 2 is 1.55 bits per heavy atom. The molecule has 2 atom stereocenters. The average Bonchev–Trinajstić information content (AvgIpc) is 3.44. The summed E-state index contributed by atoms with van der Waals surface area (Å²) in [5.41, 5.74) is 2.80. The summed E-state index contributed by atoms with van der Waals surface area (Å²) in [6.45, 7) is 2.60. The van der Waals surface area contributed by atoms with Gasteiger partial charge in [0.1, 0.15) is 11.0 Å². The number of amides is 2. The van der Waals surface area contributed by atoms with Gasteiger partial charge in [0.2, 0.25) is 5.91 Å². The summed E-state index contributed by atoms with van der Waals surface area (Å²) < 4.78 is 0. The van der Waals surface area contributed by atoms with Crippen LogP contribution in [-0.4, -0.2) is 63.2 Å². The Morgan fingerprint density at radius 1 is 0.903 bits per heavy atom. The van der Waals surface area contributed by atoms with Crippen LogP contribution in [0.15, 0.2) is 42.5 Å². The molecule has 1 aromatic heterocycles. The van der Waals surface area contributed by atoms with Crippen molar-refractivity contribution >= 4 is 52.1 Å². The largest absolute Gasteiger partial charge is 0.338 e.